The molecule has 0 aliphatic carbocycles. The van der Waals surface area contributed by atoms with Crippen molar-refractivity contribution < 1.29 is 32.9 Å². The molecule has 1 aliphatic heterocycles. The number of benzene rings is 2. The van der Waals surface area contributed by atoms with E-state index in [-0.39, 0.29) is 31.8 Å². The summed E-state index contributed by atoms with van der Waals surface area (Å²) in [6, 6.07) is 13.3. The number of carbonyl (C=O) groups excluding carboxylic acids is 1. The predicted molar refractivity (Wildman–Crippen MR) is 128 cm³/mol. The van der Waals surface area contributed by atoms with E-state index in [1.165, 1.54) is 4.90 Å². The highest BCUT2D eigenvalue weighted by molar-refractivity contribution is 7.77. The topological polar surface area (TPSA) is 178 Å². The molecule has 1 aliphatic rings. The molecular formula is C23H27N4O7S-. The number of amidine groups is 1. The number of nitrogen functional groups attached to an aromatic ring is 1. The van der Waals surface area contributed by atoms with Crippen LogP contribution < -0.4 is 20.1 Å². The van der Waals surface area contributed by atoms with Crippen molar-refractivity contribution in [2.24, 2.45) is 5.73 Å². The molecule has 3 atom stereocenters. The summed E-state index contributed by atoms with van der Waals surface area (Å²) in [5.74, 6) is -0.813. The number of hydrogen-bond donors (Lipinski definition) is 4. The molecule has 3 unspecified atom stereocenters. The number of nitrogens with one attached hydrogen (secondary N) is 2. The molecule has 1 saturated heterocycles. The summed E-state index contributed by atoms with van der Waals surface area (Å²) in [5.41, 5.74) is 5.62. The Morgan fingerprint density at radius 1 is 1.31 bits per heavy atom. The van der Waals surface area contributed by atoms with Crippen molar-refractivity contribution in [2.45, 2.75) is 37.8 Å². The molecule has 1 amide bonds. The molecule has 0 radical (unpaired) electrons. The zero-order valence-electron chi connectivity index (χ0n) is 19.1. The van der Waals surface area contributed by atoms with Crippen molar-refractivity contribution in [2.75, 3.05) is 18.1 Å². The summed E-state index contributed by atoms with van der Waals surface area (Å²) in [7, 11) is 0. The normalized spacial score (nSPS) is 17.9. The van der Waals surface area contributed by atoms with Crippen LogP contribution in [0.25, 0.3) is 0 Å². The number of carboxylic acids is 1. The van der Waals surface area contributed by atoms with Gasteiger partial charge in [0.2, 0.25) is 0 Å². The fraction of sp³-hybridized carbons (Fsp3) is 0.348. The Balaban J connectivity index is 1.59. The highest BCUT2D eigenvalue weighted by Crippen LogP contribution is 2.25. The lowest BCUT2D eigenvalue weighted by atomic mass is 9.87. The van der Waals surface area contributed by atoms with Crippen LogP contribution in [-0.2, 0) is 27.2 Å². The minimum absolute atomic E-state index is 0.0257. The molecular weight excluding hydrogens is 476 g/mol. The Labute approximate surface area is 205 Å². The van der Waals surface area contributed by atoms with E-state index in [9.17, 15) is 23.5 Å². The fourth-order valence-electron chi connectivity index (χ4n) is 3.87. The molecule has 3 rings (SSSR count). The lowest BCUT2D eigenvalue weighted by Crippen LogP contribution is -2.54. The number of aliphatic carboxylic acids is 1. The standard InChI is InChI=1S/C23H28N4O7S/c1-2-11-23(21(28)29,26-35(31)32)12-15-3-9-18(10-4-15)33-14-19-13-27(22(30)34-19)17-7-5-16(6-8-17)20(24)25/h3-10,19,26H,2,11-14H2,1H3,(H3,24,25)(H,28,29)(H,31,32)/p-1. The van der Waals surface area contributed by atoms with Gasteiger partial charge in [0.05, 0.1) is 6.54 Å². The molecule has 2 aromatic carbocycles. The number of cyclic esters (lactones) is 1. The number of nitrogens with zero attached hydrogens (tertiary/aromatic N) is 1. The van der Waals surface area contributed by atoms with Gasteiger partial charge in [0.15, 0.2) is 6.10 Å². The highest BCUT2D eigenvalue weighted by atomic mass is 32.2. The van der Waals surface area contributed by atoms with Crippen molar-refractivity contribution >= 4 is 34.9 Å². The van der Waals surface area contributed by atoms with Crippen molar-refractivity contribution in [3.8, 4) is 5.75 Å². The molecule has 188 valence electrons. The number of ether oxygens (including phenoxy) is 2. The van der Waals surface area contributed by atoms with Gasteiger partial charge in [0.1, 0.15) is 23.7 Å². The number of carbonyl (C=O) groups is 2. The minimum Gasteiger partial charge on any atom is -0.760 e. The number of nitrogens with two attached hydrogens (primary N) is 1. The van der Waals surface area contributed by atoms with Crippen LogP contribution >= 0.6 is 0 Å². The van der Waals surface area contributed by atoms with E-state index in [0.29, 0.717) is 29.0 Å². The Morgan fingerprint density at radius 3 is 2.51 bits per heavy atom. The number of carboxylic acid groups (broad SMARTS) is 1. The maximum Gasteiger partial charge on any atom is 0.414 e. The Bertz CT molecular complexity index is 1090. The highest BCUT2D eigenvalue weighted by Gasteiger charge is 2.38. The first kappa shape index (κ1) is 26.1. The second kappa shape index (κ2) is 11.3. The molecule has 0 bridgehead atoms. The second-order valence-electron chi connectivity index (χ2n) is 8.18. The Kier molecular flexibility index (Phi) is 8.43. The van der Waals surface area contributed by atoms with E-state index in [0.717, 1.165) is 0 Å². The molecule has 0 saturated carbocycles. The first-order valence-electron chi connectivity index (χ1n) is 10.9. The van der Waals surface area contributed by atoms with Gasteiger partial charge in [-0.05, 0) is 48.4 Å². The van der Waals surface area contributed by atoms with Gasteiger partial charge in [-0.2, -0.15) is 0 Å². The van der Waals surface area contributed by atoms with Crippen LogP contribution in [0.4, 0.5) is 10.5 Å². The van der Waals surface area contributed by atoms with Crippen LogP contribution in [0, 0.1) is 5.41 Å². The van der Waals surface area contributed by atoms with Crippen LogP contribution in [0.5, 0.6) is 5.75 Å². The summed E-state index contributed by atoms with van der Waals surface area (Å²) in [6.45, 7) is 2.17. The Morgan fingerprint density at radius 2 is 1.97 bits per heavy atom. The molecule has 12 heteroatoms. The smallest absolute Gasteiger partial charge is 0.414 e. The molecule has 1 heterocycles. The molecule has 1 fully saturated rings. The van der Waals surface area contributed by atoms with E-state index in [1.807, 2.05) is 0 Å². The summed E-state index contributed by atoms with van der Waals surface area (Å²) >= 11 is -2.73. The maximum atomic E-state index is 12.3. The van der Waals surface area contributed by atoms with Crippen molar-refractivity contribution in [1.29, 1.82) is 5.41 Å². The van der Waals surface area contributed by atoms with Crippen molar-refractivity contribution in [3.05, 3.63) is 59.7 Å². The zero-order valence-corrected chi connectivity index (χ0v) is 19.9. The largest absolute Gasteiger partial charge is 0.760 e. The van der Waals surface area contributed by atoms with Gasteiger partial charge in [0, 0.05) is 28.9 Å². The molecule has 0 spiro atoms. The third-order valence-electron chi connectivity index (χ3n) is 5.59. The van der Waals surface area contributed by atoms with Crippen molar-refractivity contribution in [3.63, 3.8) is 0 Å². The molecule has 0 aromatic heterocycles. The zero-order chi connectivity index (χ0) is 25.6. The van der Waals surface area contributed by atoms with Crippen LogP contribution in [0.3, 0.4) is 0 Å². The third kappa shape index (κ3) is 6.56. The van der Waals surface area contributed by atoms with Crippen LogP contribution in [0.15, 0.2) is 48.5 Å². The molecule has 11 nitrogen and oxygen atoms in total. The van der Waals surface area contributed by atoms with E-state index in [4.69, 9.17) is 20.6 Å². The maximum absolute atomic E-state index is 12.3. The lowest BCUT2D eigenvalue weighted by molar-refractivity contribution is -0.144. The summed E-state index contributed by atoms with van der Waals surface area (Å²) < 4.78 is 35.6. The van der Waals surface area contributed by atoms with Gasteiger partial charge < -0.3 is 24.9 Å². The first-order chi connectivity index (χ1) is 16.6. The number of anilines is 1. The SMILES string of the molecule is CCCC(Cc1ccc(OCC2CN(c3ccc(C(=N)N)cc3)C(=O)O2)cc1)(NS(=O)[O-])C(=O)O. The average Bonchev–Trinajstić information content (AvgIpc) is 3.18. The minimum atomic E-state index is -2.73. The van der Waals surface area contributed by atoms with Crippen LogP contribution in [0.1, 0.15) is 30.9 Å². The molecule has 2 aromatic rings. The van der Waals surface area contributed by atoms with Gasteiger partial charge in [0.25, 0.3) is 0 Å². The Hall–Kier alpha value is -3.48. The molecule has 35 heavy (non-hydrogen) atoms. The van der Waals surface area contributed by atoms with E-state index >= 15 is 0 Å². The van der Waals surface area contributed by atoms with Gasteiger partial charge in [-0.15, -0.1) is 0 Å². The number of amides is 1. The van der Waals surface area contributed by atoms with Crippen LogP contribution in [-0.4, -0.2) is 56.6 Å². The summed E-state index contributed by atoms with van der Waals surface area (Å²) in [5, 5.41) is 17.1. The fourth-order valence-corrected chi connectivity index (χ4v) is 4.45. The van der Waals surface area contributed by atoms with Gasteiger partial charge in [-0.3, -0.25) is 19.3 Å². The summed E-state index contributed by atoms with van der Waals surface area (Å²) in [4.78, 5) is 25.6. The van der Waals surface area contributed by atoms with Crippen LogP contribution in [0.2, 0.25) is 0 Å². The van der Waals surface area contributed by atoms with Gasteiger partial charge in [-0.25, -0.2) is 9.52 Å². The average molecular weight is 504 g/mol. The lowest BCUT2D eigenvalue weighted by Gasteiger charge is -2.31. The van der Waals surface area contributed by atoms with E-state index in [1.54, 1.807) is 55.5 Å². The van der Waals surface area contributed by atoms with Crippen molar-refractivity contribution in [1.82, 2.24) is 4.72 Å². The molecule has 5 N–H and O–H groups in total. The number of hydrogen-bond acceptors (Lipinski definition) is 7. The number of rotatable bonds is 12. The second-order valence-corrected chi connectivity index (χ2v) is 8.86. The summed E-state index contributed by atoms with van der Waals surface area (Å²) in [6.07, 6.45) is -0.420. The predicted octanol–water partition coefficient (Wildman–Crippen LogP) is 1.92. The monoisotopic (exact) mass is 503 g/mol. The first-order valence-corrected chi connectivity index (χ1v) is 12.0. The quantitative estimate of drug-likeness (QED) is 0.193. The van der Waals surface area contributed by atoms with E-state index in [2.05, 4.69) is 4.72 Å². The van der Waals surface area contributed by atoms with Gasteiger partial charge >= 0.3 is 12.1 Å². The van der Waals surface area contributed by atoms with E-state index < -0.39 is 35.0 Å². The van der Waals surface area contributed by atoms with Gasteiger partial charge in [-0.1, -0.05) is 25.5 Å². The third-order valence-corrected chi connectivity index (χ3v) is 6.15.